The number of fused-ring (bicyclic) bond motifs is 1. The Bertz CT molecular complexity index is 939. The fourth-order valence-electron chi connectivity index (χ4n) is 3.97. The fourth-order valence-corrected chi connectivity index (χ4v) is 3.97. The van der Waals surface area contributed by atoms with E-state index in [-0.39, 0.29) is 0 Å². The number of alkyl halides is 3. The average Bonchev–Trinajstić information content (AvgIpc) is 3.08. The van der Waals surface area contributed by atoms with Crippen LogP contribution in [0, 0.1) is 6.92 Å². The van der Waals surface area contributed by atoms with Crippen LogP contribution in [0.4, 0.5) is 18.0 Å². The van der Waals surface area contributed by atoms with Gasteiger partial charge in [0.15, 0.2) is 0 Å². The third kappa shape index (κ3) is 5.71. The molecule has 1 saturated heterocycles. The zero-order chi connectivity index (χ0) is 23.0. The number of nitrogens with zero attached hydrogens (tertiary/aromatic N) is 2. The molecule has 0 bridgehead atoms. The Kier molecular flexibility index (Phi) is 6.57. The highest BCUT2D eigenvalue weighted by Crippen LogP contribution is 2.34. The summed E-state index contributed by atoms with van der Waals surface area (Å²) in [6.45, 7) is 8.78. The number of aromatic nitrogens is 1. The van der Waals surface area contributed by atoms with Gasteiger partial charge in [-0.25, -0.2) is 4.79 Å². The molecule has 9 heteroatoms. The summed E-state index contributed by atoms with van der Waals surface area (Å²) in [5, 5.41) is 0.858. The van der Waals surface area contributed by atoms with Crippen LogP contribution in [0.2, 0.25) is 0 Å². The molecule has 0 radical (unpaired) electrons. The van der Waals surface area contributed by atoms with Crippen LogP contribution in [0.25, 0.3) is 10.9 Å². The molecule has 0 aliphatic carbocycles. The molecular weight excluding hydrogens is 413 g/mol. The minimum absolute atomic E-state index is 0.301. The van der Waals surface area contributed by atoms with Gasteiger partial charge in [0.25, 0.3) is 0 Å². The van der Waals surface area contributed by atoms with Gasteiger partial charge in [-0.1, -0.05) is 0 Å². The van der Waals surface area contributed by atoms with Gasteiger partial charge < -0.3 is 9.47 Å². The van der Waals surface area contributed by atoms with Crippen molar-refractivity contribution >= 4 is 17.0 Å². The Morgan fingerprint density at radius 3 is 2.39 bits per heavy atom. The Balaban J connectivity index is 1.85. The Morgan fingerprint density at radius 2 is 1.84 bits per heavy atom. The molecule has 0 unspecified atom stereocenters. The van der Waals surface area contributed by atoms with E-state index in [1.165, 1.54) is 4.57 Å². The number of carbonyl (C=O) groups excluding carboxylic acids is 1. The number of benzene rings is 1. The standard InChI is InChI=1S/C22H29F3N2O4/c1-14-12-18(29-5)17(13-26-9-6-15(7-10-26)30-22(23,24)25)16-8-11-27(19(14)16)20(28)31-21(2,3)4/h8,11-12,15H,6-7,9-10,13H2,1-5H3. The van der Waals surface area contributed by atoms with Crippen LogP contribution in [0.5, 0.6) is 5.75 Å². The average molecular weight is 442 g/mol. The summed E-state index contributed by atoms with van der Waals surface area (Å²) in [6, 6.07) is 3.72. The van der Waals surface area contributed by atoms with Gasteiger partial charge in [0.05, 0.1) is 18.7 Å². The number of carbonyl (C=O) groups is 1. The molecule has 1 aliphatic rings. The molecule has 172 valence electrons. The number of rotatable bonds is 4. The Morgan fingerprint density at radius 1 is 1.19 bits per heavy atom. The van der Waals surface area contributed by atoms with Gasteiger partial charge in [0, 0.05) is 36.8 Å². The molecule has 6 nitrogen and oxygen atoms in total. The van der Waals surface area contributed by atoms with Gasteiger partial charge >= 0.3 is 12.5 Å². The van der Waals surface area contributed by atoms with Crippen LogP contribution in [-0.4, -0.2) is 53.8 Å². The first kappa shape index (κ1) is 23.4. The van der Waals surface area contributed by atoms with Gasteiger partial charge in [-0.15, -0.1) is 13.2 Å². The van der Waals surface area contributed by atoms with Gasteiger partial charge in [0.2, 0.25) is 0 Å². The lowest BCUT2D eigenvalue weighted by Gasteiger charge is -2.32. The van der Waals surface area contributed by atoms with Crippen LogP contribution < -0.4 is 4.74 Å². The van der Waals surface area contributed by atoms with Crippen molar-refractivity contribution in [2.45, 2.75) is 65.1 Å². The monoisotopic (exact) mass is 442 g/mol. The van der Waals surface area contributed by atoms with Crippen molar-refractivity contribution in [3.63, 3.8) is 0 Å². The minimum atomic E-state index is -4.61. The number of hydrogen-bond donors (Lipinski definition) is 0. The molecule has 1 aromatic carbocycles. The van der Waals surface area contributed by atoms with Crippen LogP contribution in [0.1, 0.15) is 44.7 Å². The van der Waals surface area contributed by atoms with Crippen molar-refractivity contribution in [2.24, 2.45) is 0 Å². The quantitative estimate of drug-likeness (QED) is 0.648. The molecular formula is C22H29F3N2O4. The maximum Gasteiger partial charge on any atom is 0.522 e. The predicted molar refractivity (Wildman–Crippen MR) is 110 cm³/mol. The van der Waals surface area contributed by atoms with Gasteiger partial charge in [-0.2, -0.15) is 0 Å². The van der Waals surface area contributed by atoms with E-state index in [1.807, 2.05) is 39.8 Å². The number of ether oxygens (including phenoxy) is 3. The molecule has 2 heterocycles. The highest BCUT2D eigenvalue weighted by molar-refractivity contribution is 5.95. The number of halogens is 3. The fraction of sp³-hybridized carbons (Fsp3) is 0.591. The lowest BCUT2D eigenvalue weighted by atomic mass is 10.0. The number of hydrogen-bond acceptors (Lipinski definition) is 5. The van der Waals surface area contributed by atoms with E-state index in [2.05, 4.69) is 9.64 Å². The summed E-state index contributed by atoms with van der Waals surface area (Å²) in [6.07, 6.45) is -3.61. The summed E-state index contributed by atoms with van der Waals surface area (Å²) in [5.74, 6) is 0.681. The van der Waals surface area contributed by atoms with Crippen molar-refractivity contribution < 1.29 is 32.2 Å². The Labute approximate surface area is 179 Å². The molecule has 0 saturated carbocycles. The summed E-state index contributed by atoms with van der Waals surface area (Å²) < 4.78 is 54.2. The maximum atomic E-state index is 12.7. The smallest absolute Gasteiger partial charge is 0.496 e. The molecule has 1 aliphatic heterocycles. The Hall–Kier alpha value is -2.26. The molecule has 0 atom stereocenters. The summed E-state index contributed by atoms with van der Waals surface area (Å²) in [7, 11) is 1.58. The lowest BCUT2D eigenvalue weighted by Crippen LogP contribution is -2.38. The van der Waals surface area contributed by atoms with Crippen LogP contribution in [0.3, 0.4) is 0 Å². The summed E-state index contributed by atoms with van der Waals surface area (Å²) in [4.78, 5) is 14.8. The molecule has 3 rings (SSSR count). The first-order chi connectivity index (χ1) is 14.4. The molecule has 31 heavy (non-hydrogen) atoms. The second-order valence-corrected chi connectivity index (χ2v) is 8.84. The number of likely N-dealkylation sites (tertiary alicyclic amines) is 1. The van der Waals surface area contributed by atoms with Gasteiger partial charge in [0.1, 0.15) is 11.4 Å². The van der Waals surface area contributed by atoms with Crippen molar-refractivity contribution in [2.75, 3.05) is 20.2 Å². The van der Waals surface area contributed by atoms with E-state index in [0.29, 0.717) is 38.2 Å². The largest absolute Gasteiger partial charge is 0.522 e. The summed E-state index contributed by atoms with van der Waals surface area (Å²) in [5.41, 5.74) is 1.87. The van der Waals surface area contributed by atoms with Crippen molar-refractivity contribution in [1.82, 2.24) is 9.47 Å². The van der Waals surface area contributed by atoms with Crippen molar-refractivity contribution in [3.8, 4) is 5.75 Å². The highest BCUT2D eigenvalue weighted by Gasteiger charge is 2.35. The van der Waals surface area contributed by atoms with Gasteiger partial charge in [-0.05, 0) is 58.2 Å². The molecule has 0 N–H and O–H groups in total. The second kappa shape index (κ2) is 8.70. The number of aryl methyl sites for hydroxylation is 1. The van der Waals surface area contributed by atoms with Crippen molar-refractivity contribution in [1.29, 1.82) is 0 Å². The first-order valence-electron chi connectivity index (χ1n) is 10.3. The number of methoxy groups -OCH3 is 1. The molecule has 1 fully saturated rings. The molecule has 0 spiro atoms. The maximum absolute atomic E-state index is 12.7. The van der Waals surface area contributed by atoms with E-state index in [4.69, 9.17) is 9.47 Å². The van der Waals surface area contributed by atoms with E-state index in [0.717, 1.165) is 22.0 Å². The van der Waals surface area contributed by atoms with E-state index >= 15 is 0 Å². The molecule has 0 amide bonds. The predicted octanol–water partition coefficient (Wildman–Crippen LogP) is 5.24. The lowest BCUT2D eigenvalue weighted by molar-refractivity contribution is -0.345. The molecule has 1 aromatic heterocycles. The van der Waals surface area contributed by atoms with E-state index in [1.54, 1.807) is 13.3 Å². The topological polar surface area (TPSA) is 52.9 Å². The third-order valence-corrected chi connectivity index (χ3v) is 5.26. The number of piperidine rings is 1. The van der Waals surface area contributed by atoms with Crippen LogP contribution in [-0.2, 0) is 16.0 Å². The third-order valence-electron chi connectivity index (χ3n) is 5.26. The minimum Gasteiger partial charge on any atom is -0.496 e. The van der Waals surface area contributed by atoms with Crippen LogP contribution >= 0.6 is 0 Å². The van der Waals surface area contributed by atoms with Crippen LogP contribution in [0.15, 0.2) is 18.3 Å². The zero-order valence-corrected chi connectivity index (χ0v) is 18.5. The SMILES string of the molecule is COc1cc(C)c2c(ccn2C(=O)OC(C)(C)C)c1CN1CCC(OC(F)(F)F)CC1. The van der Waals surface area contributed by atoms with Gasteiger partial charge in [-0.3, -0.25) is 14.2 Å². The molecule has 2 aromatic rings. The normalized spacial score (nSPS) is 16.6. The highest BCUT2D eigenvalue weighted by atomic mass is 19.4. The van der Waals surface area contributed by atoms with E-state index in [9.17, 15) is 18.0 Å². The zero-order valence-electron chi connectivity index (χ0n) is 18.5. The van der Waals surface area contributed by atoms with Crippen molar-refractivity contribution in [3.05, 3.63) is 29.5 Å². The summed E-state index contributed by atoms with van der Waals surface area (Å²) >= 11 is 0. The second-order valence-electron chi connectivity index (χ2n) is 8.84. The van der Waals surface area contributed by atoms with E-state index < -0.39 is 24.2 Å². The first-order valence-corrected chi connectivity index (χ1v) is 10.3.